The first-order valence-electron chi connectivity index (χ1n) is 6.04. The SMILES string of the molecule is CNC(=O)c1ccc(N2CCCCO2)c([N+](=O)[O-])c1. The zero-order valence-electron chi connectivity index (χ0n) is 10.6. The first kappa shape index (κ1) is 13.3. The lowest BCUT2D eigenvalue weighted by atomic mass is 10.1. The number of nitrogens with one attached hydrogen (secondary N) is 1. The highest BCUT2D eigenvalue weighted by Crippen LogP contribution is 2.31. The zero-order chi connectivity index (χ0) is 13.8. The summed E-state index contributed by atoms with van der Waals surface area (Å²) in [6, 6.07) is 4.37. The third-order valence-corrected chi connectivity index (χ3v) is 2.93. The van der Waals surface area contributed by atoms with E-state index < -0.39 is 4.92 Å². The summed E-state index contributed by atoms with van der Waals surface area (Å²) >= 11 is 0. The van der Waals surface area contributed by atoms with Crippen molar-refractivity contribution in [1.29, 1.82) is 0 Å². The lowest BCUT2D eigenvalue weighted by Gasteiger charge is -2.27. The highest BCUT2D eigenvalue weighted by Gasteiger charge is 2.23. The maximum absolute atomic E-state index is 11.5. The van der Waals surface area contributed by atoms with E-state index in [1.807, 2.05) is 0 Å². The minimum atomic E-state index is -0.500. The summed E-state index contributed by atoms with van der Waals surface area (Å²) in [7, 11) is 1.48. The number of nitro groups is 1. The Balaban J connectivity index is 2.37. The lowest BCUT2D eigenvalue weighted by Crippen LogP contribution is -2.30. The molecule has 0 bridgehead atoms. The first-order valence-corrected chi connectivity index (χ1v) is 6.04. The van der Waals surface area contributed by atoms with Gasteiger partial charge in [0.2, 0.25) is 0 Å². The predicted octanol–water partition coefficient (Wildman–Crippen LogP) is 1.49. The number of anilines is 1. The minimum absolute atomic E-state index is 0.122. The van der Waals surface area contributed by atoms with Crippen molar-refractivity contribution in [1.82, 2.24) is 5.32 Å². The number of hydroxylamine groups is 1. The molecule has 2 rings (SSSR count). The molecular formula is C12H15N3O4. The van der Waals surface area contributed by atoms with Gasteiger partial charge in [0.1, 0.15) is 5.69 Å². The van der Waals surface area contributed by atoms with Gasteiger partial charge >= 0.3 is 0 Å². The van der Waals surface area contributed by atoms with Gasteiger partial charge in [0.25, 0.3) is 11.6 Å². The molecule has 1 aliphatic rings. The van der Waals surface area contributed by atoms with E-state index in [0.29, 0.717) is 18.8 Å². The molecule has 0 radical (unpaired) electrons. The fourth-order valence-corrected chi connectivity index (χ4v) is 1.95. The Labute approximate surface area is 110 Å². The van der Waals surface area contributed by atoms with Crippen LogP contribution in [0.3, 0.4) is 0 Å². The molecule has 1 amide bonds. The second-order valence-corrected chi connectivity index (χ2v) is 4.18. The molecule has 0 saturated carbocycles. The molecule has 0 aliphatic carbocycles. The molecule has 19 heavy (non-hydrogen) atoms. The molecule has 102 valence electrons. The monoisotopic (exact) mass is 265 g/mol. The summed E-state index contributed by atoms with van der Waals surface area (Å²) in [5, 5.41) is 15.1. The molecule has 1 aliphatic heterocycles. The van der Waals surface area contributed by atoms with Gasteiger partial charge < -0.3 is 5.32 Å². The van der Waals surface area contributed by atoms with E-state index in [-0.39, 0.29) is 17.2 Å². The van der Waals surface area contributed by atoms with Gasteiger partial charge in [-0.25, -0.2) is 5.06 Å². The van der Waals surface area contributed by atoms with Crippen LogP contribution in [-0.2, 0) is 4.84 Å². The van der Waals surface area contributed by atoms with Crippen LogP contribution in [0.15, 0.2) is 18.2 Å². The Kier molecular flexibility index (Phi) is 3.96. The van der Waals surface area contributed by atoms with Crippen molar-refractivity contribution in [3.63, 3.8) is 0 Å². The number of carbonyl (C=O) groups is 1. The number of hydrogen-bond acceptors (Lipinski definition) is 5. The Morgan fingerprint density at radius 3 is 2.84 bits per heavy atom. The summed E-state index contributed by atoms with van der Waals surface area (Å²) in [6.07, 6.45) is 1.87. The highest BCUT2D eigenvalue weighted by atomic mass is 16.7. The van der Waals surface area contributed by atoms with Crippen molar-refractivity contribution >= 4 is 17.3 Å². The van der Waals surface area contributed by atoms with Crippen LogP contribution in [0, 0.1) is 10.1 Å². The number of amides is 1. The van der Waals surface area contributed by atoms with Gasteiger partial charge in [-0.05, 0) is 25.0 Å². The Morgan fingerprint density at radius 1 is 1.47 bits per heavy atom. The molecule has 1 heterocycles. The Bertz CT molecular complexity index is 498. The molecule has 0 aromatic heterocycles. The summed E-state index contributed by atoms with van der Waals surface area (Å²) < 4.78 is 0. The van der Waals surface area contributed by atoms with Crippen LogP contribution in [0.25, 0.3) is 0 Å². The first-order chi connectivity index (χ1) is 9.13. The van der Waals surface area contributed by atoms with E-state index in [4.69, 9.17) is 4.84 Å². The van der Waals surface area contributed by atoms with E-state index >= 15 is 0 Å². The molecular weight excluding hydrogens is 250 g/mol. The highest BCUT2D eigenvalue weighted by molar-refractivity contribution is 5.95. The summed E-state index contributed by atoms with van der Waals surface area (Å²) in [5.74, 6) is -0.353. The van der Waals surface area contributed by atoms with Crippen LogP contribution < -0.4 is 10.4 Å². The fraction of sp³-hybridized carbons (Fsp3) is 0.417. The number of benzene rings is 1. The van der Waals surface area contributed by atoms with Crippen molar-refractivity contribution in [2.75, 3.05) is 25.3 Å². The molecule has 0 atom stereocenters. The van der Waals surface area contributed by atoms with E-state index in [1.165, 1.54) is 18.2 Å². The van der Waals surface area contributed by atoms with Gasteiger partial charge in [0.15, 0.2) is 0 Å². The lowest BCUT2D eigenvalue weighted by molar-refractivity contribution is -0.384. The minimum Gasteiger partial charge on any atom is -0.355 e. The van der Waals surface area contributed by atoms with Crippen molar-refractivity contribution in [3.05, 3.63) is 33.9 Å². The van der Waals surface area contributed by atoms with Crippen molar-refractivity contribution in [2.45, 2.75) is 12.8 Å². The van der Waals surface area contributed by atoms with Crippen LogP contribution >= 0.6 is 0 Å². The van der Waals surface area contributed by atoms with Gasteiger partial charge in [0.05, 0.1) is 11.5 Å². The summed E-state index contributed by atoms with van der Waals surface area (Å²) in [5.41, 5.74) is 0.523. The van der Waals surface area contributed by atoms with E-state index in [9.17, 15) is 14.9 Å². The van der Waals surface area contributed by atoms with Crippen LogP contribution in [-0.4, -0.2) is 31.0 Å². The molecule has 1 fully saturated rings. The number of nitrogens with zero attached hydrogens (tertiary/aromatic N) is 2. The Morgan fingerprint density at radius 2 is 2.26 bits per heavy atom. The van der Waals surface area contributed by atoms with Crippen molar-refractivity contribution in [3.8, 4) is 0 Å². The summed E-state index contributed by atoms with van der Waals surface area (Å²) in [4.78, 5) is 27.5. The normalized spacial score (nSPS) is 15.1. The van der Waals surface area contributed by atoms with Crippen LogP contribution in [0.4, 0.5) is 11.4 Å². The van der Waals surface area contributed by atoms with Gasteiger partial charge in [-0.3, -0.25) is 19.7 Å². The van der Waals surface area contributed by atoms with Gasteiger partial charge in [-0.1, -0.05) is 0 Å². The number of hydrogen-bond donors (Lipinski definition) is 1. The zero-order valence-corrected chi connectivity index (χ0v) is 10.6. The molecule has 7 nitrogen and oxygen atoms in total. The topological polar surface area (TPSA) is 84.7 Å². The molecule has 1 aromatic rings. The maximum Gasteiger partial charge on any atom is 0.295 e. The van der Waals surface area contributed by atoms with E-state index in [2.05, 4.69) is 5.32 Å². The Hall–Kier alpha value is -2.15. The average Bonchev–Trinajstić information content (AvgIpc) is 2.46. The van der Waals surface area contributed by atoms with Gasteiger partial charge in [0, 0.05) is 25.2 Å². The number of carbonyl (C=O) groups excluding carboxylic acids is 1. The smallest absolute Gasteiger partial charge is 0.295 e. The van der Waals surface area contributed by atoms with Crippen LogP contribution in [0.2, 0.25) is 0 Å². The molecule has 1 saturated heterocycles. The quantitative estimate of drug-likeness (QED) is 0.661. The number of rotatable bonds is 3. The third-order valence-electron chi connectivity index (χ3n) is 2.93. The molecule has 1 aromatic carbocycles. The van der Waals surface area contributed by atoms with E-state index in [1.54, 1.807) is 12.1 Å². The van der Waals surface area contributed by atoms with Crippen molar-refractivity contribution in [2.24, 2.45) is 0 Å². The van der Waals surface area contributed by atoms with Gasteiger partial charge in [-0.2, -0.15) is 0 Å². The van der Waals surface area contributed by atoms with E-state index in [0.717, 1.165) is 12.8 Å². The van der Waals surface area contributed by atoms with Gasteiger partial charge in [-0.15, -0.1) is 0 Å². The second kappa shape index (κ2) is 5.66. The summed E-state index contributed by atoms with van der Waals surface area (Å²) in [6.45, 7) is 1.16. The molecule has 1 N–H and O–H groups in total. The molecule has 7 heteroatoms. The van der Waals surface area contributed by atoms with Crippen LogP contribution in [0.1, 0.15) is 23.2 Å². The maximum atomic E-state index is 11.5. The van der Waals surface area contributed by atoms with Crippen molar-refractivity contribution < 1.29 is 14.6 Å². The average molecular weight is 265 g/mol. The largest absolute Gasteiger partial charge is 0.355 e. The predicted molar refractivity (Wildman–Crippen MR) is 69.0 cm³/mol. The molecule has 0 spiro atoms. The van der Waals surface area contributed by atoms with Crippen LogP contribution in [0.5, 0.6) is 0 Å². The third kappa shape index (κ3) is 2.82. The number of nitro benzene ring substituents is 1. The molecule has 0 unspecified atom stereocenters. The second-order valence-electron chi connectivity index (χ2n) is 4.18. The fourth-order valence-electron chi connectivity index (χ4n) is 1.95. The standard InChI is InChI=1S/C12H15N3O4/c1-13-12(16)9-4-5-10(11(8-9)15(17)18)14-6-2-3-7-19-14/h4-5,8H,2-3,6-7H2,1H3,(H,13,16).